The molecule has 0 atom stereocenters. The third-order valence-electron chi connectivity index (χ3n) is 4.01. The lowest BCUT2D eigenvalue weighted by Crippen LogP contribution is -2.13. The smallest absolute Gasteiger partial charge is 0.390 e. The number of nitrogens with one attached hydrogen (secondary N) is 2. The van der Waals surface area contributed by atoms with Gasteiger partial charge >= 0.3 is 6.18 Å². The van der Waals surface area contributed by atoms with E-state index in [1.54, 1.807) is 25.1 Å². The first-order valence-electron chi connectivity index (χ1n) is 8.02. The van der Waals surface area contributed by atoms with Gasteiger partial charge in [-0.25, -0.2) is 0 Å². The molecule has 1 amide bonds. The van der Waals surface area contributed by atoms with Crippen LogP contribution >= 0.6 is 0 Å². The highest BCUT2D eigenvalue weighted by atomic mass is 19.4. The molecule has 1 aromatic heterocycles. The van der Waals surface area contributed by atoms with Gasteiger partial charge in [0, 0.05) is 22.7 Å². The Morgan fingerprint density at radius 2 is 2.04 bits per heavy atom. The summed E-state index contributed by atoms with van der Waals surface area (Å²) in [5.74, 6) is -0.379. The number of alkyl halides is 3. The van der Waals surface area contributed by atoms with Crippen molar-refractivity contribution < 1.29 is 23.1 Å². The lowest BCUT2D eigenvalue weighted by molar-refractivity contribution is -0.0790. The Labute approximate surface area is 152 Å². The second-order valence-corrected chi connectivity index (χ2v) is 6.00. The van der Waals surface area contributed by atoms with Gasteiger partial charge in [-0.2, -0.15) is 18.3 Å². The van der Waals surface area contributed by atoms with Crippen molar-refractivity contribution in [1.29, 1.82) is 0 Å². The van der Waals surface area contributed by atoms with E-state index in [2.05, 4.69) is 15.5 Å². The van der Waals surface area contributed by atoms with Gasteiger partial charge < -0.3 is 10.4 Å². The maximum atomic E-state index is 12.5. The number of halogens is 3. The summed E-state index contributed by atoms with van der Waals surface area (Å²) in [6.07, 6.45) is -3.27. The number of aliphatic hydroxyl groups is 1. The second kappa shape index (κ2) is 7.24. The summed E-state index contributed by atoms with van der Waals surface area (Å²) in [5, 5.41) is 19.5. The molecule has 2 aromatic carbocycles. The van der Waals surface area contributed by atoms with Gasteiger partial charge in [0.25, 0.3) is 5.91 Å². The van der Waals surface area contributed by atoms with Crippen LogP contribution in [0.2, 0.25) is 0 Å². The second-order valence-electron chi connectivity index (χ2n) is 6.00. The van der Waals surface area contributed by atoms with Crippen molar-refractivity contribution in [2.75, 3.05) is 5.32 Å². The van der Waals surface area contributed by atoms with Crippen LogP contribution in [0.3, 0.4) is 0 Å². The number of aromatic nitrogens is 2. The third kappa shape index (κ3) is 4.35. The van der Waals surface area contributed by atoms with Crippen LogP contribution in [-0.2, 0) is 6.61 Å². The predicted molar refractivity (Wildman–Crippen MR) is 96.2 cm³/mol. The first kappa shape index (κ1) is 18.7. The molecule has 8 heteroatoms. The van der Waals surface area contributed by atoms with E-state index in [9.17, 15) is 23.1 Å². The van der Waals surface area contributed by atoms with Crippen LogP contribution < -0.4 is 5.32 Å². The predicted octanol–water partition coefficient (Wildman–Crippen LogP) is 4.19. The highest BCUT2D eigenvalue weighted by Crippen LogP contribution is 2.22. The molecule has 3 N–H and O–H groups in total. The molecule has 3 rings (SSSR count). The summed E-state index contributed by atoms with van der Waals surface area (Å²) in [6.45, 7) is 1.49. The fourth-order valence-corrected chi connectivity index (χ4v) is 2.70. The average Bonchev–Trinajstić information content (AvgIpc) is 3.01. The number of aliphatic hydroxyl groups excluding tert-OH is 1. The number of benzene rings is 2. The van der Waals surface area contributed by atoms with Crippen LogP contribution in [0.1, 0.15) is 27.2 Å². The van der Waals surface area contributed by atoms with Gasteiger partial charge in [-0.15, -0.1) is 0 Å². The fourth-order valence-electron chi connectivity index (χ4n) is 2.70. The van der Waals surface area contributed by atoms with Gasteiger partial charge in [-0.1, -0.05) is 18.2 Å². The first-order valence-corrected chi connectivity index (χ1v) is 8.02. The molecule has 0 fully saturated rings. The van der Waals surface area contributed by atoms with Gasteiger partial charge in [-0.05, 0) is 42.3 Å². The van der Waals surface area contributed by atoms with Crippen molar-refractivity contribution in [3.63, 3.8) is 0 Å². The molecular weight excluding hydrogens is 359 g/mol. The van der Waals surface area contributed by atoms with E-state index < -0.39 is 6.18 Å². The fraction of sp³-hybridized carbons (Fsp3) is 0.158. The van der Waals surface area contributed by atoms with Crippen molar-refractivity contribution >= 4 is 28.6 Å². The lowest BCUT2D eigenvalue weighted by Gasteiger charge is -2.09. The van der Waals surface area contributed by atoms with E-state index >= 15 is 0 Å². The van der Waals surface area contributed by atoms with Gasteiger partial charge in [0.05, 0.1) is 17.8 Å². The van der Waals surface area contributed by atoms with Gasteiger partial charge in [0.2, 0.25) is 0 Å². The molecule has 5 nitrogen and oxygen atoms in total. The summed E-state index contributed by atoms with van der Waals surface area (Å²) in [6, 6.07) is 9.54. The minimum atomic E-state index is -4.38. The molecule has 0 aliphatic heterocycles. The summed E-state index contributed by atoms with van der Waals surface area (Å²) in [5.41, 5.74) is 2.97. The van der Waals surface area contributed by atoms with E-state index in [-0.39, 0.29) is 18.6 Å². The molecule has 3 aromatic rings. The average molecular weight is 375 g/mol. The number of carbonyl (C=O) groups is 1. The van der Waals surface area contributed by atoms with Gasteiger partial charge in [0.15, 0.2) is 0 Å². The Morgan fingerprint density at radius 1 is 1.26 bits per heavy atom. The molecule has 27 heavy (non-hydrogen) atoms. The van der Waals surface area contributed by atoms with Crippen molar-refractivity contribution in [2.45, 2.75) is 19.7 Å². The monoisotopic (exact) mass is 375 g/mol. The van der Waals surface area contributed by atoms with Crippen LogP contribution in [0.5, 0.6) is 0 Å². The van der Waals surface area contributed by atoms with E-state index in [1.165, 1.54) is 18.2 Å². The van der Waals surface area contributed by atoms with E-state index in [1.807, 2.05) is 0 Å². The van der Waals surface area contributed by atoms with Gasteiger partial charge in [0.1, 0.15) is 0 Å². The van der Waals surface area contributed by atoms with Crippen molar-refractivity contribution in [2.24, 2.45) is 0 Å². The quantitative estimate of drug-likeness (QED) is 0.640. The minimum absolute atomic E-state index is 0.154. The Bertz CT molecular complexity index is 1020. The molecule has 0 saturated carbocycles. The lowest BCUT2D eigenvalue weighted by atomic mass is 10.0. The maximum Gasteiger partial charge on any atom is 0.409 e. The topological polar surface area (TPSA) is 78.0 Å². The summed E-state index contributed by atoms with van der Waals surface area (Å²) < 4.78 is 36.8. The number of hydrogen-bond donors (Lipinski definition) is 3. The Hall–Kier alpha value is -3.13. The largest absolute Gasteiger partial charge is 0.409 e. The van der Waals surface area contributed by atoms with E-state index in [0.717, 1.165) is 11.5 Å². The van der Waals surface area contributed by atoms with Crippen LogP contribution in [0.25, 0.3) is 17.0 Å². The number of aromatic amines is 1. The highest BCUT2D eigenvalue weighted by Gasteiger charge is 2.21. The molecule has 1 heterocycles. The van der Waals surface area contributed by atoms with Crippen LogP contribution in [-0.4, -0.2) is 27.4 Å². The molecule has 0 bridgehead atoms. The van der Waals surface area contributed by atoms with Crippen molar-refractivity contribution in [1.82, 2.24) is 10.2 Å². The molecule has 0 radical (unpaired) electrons. The van der Waals surface area contributed by atoms with Crippen molar-refractivity contribution in [3.8, 4) is 0 Å². The van der Waals surface area contributed by atoms with E-state index in [4.69, 9.17) is 0 Å². The molecule has 0 unspecified atom stereocenters. The van der Waals surface area contributed by atoms with E-state index in [0.29, 0.717) is 33.6 Å². The Kier molecular flexibility index (Phi) is 5.00. The first-order chi connectivity index (χ1) is 12.8. The number of fused-ring (bicyclic) bond motifs is 1. The molecule has 0 spiro atoms. The maximum absolute atomic E-state index is 12.5. The number of rotatable bonds is 4. The van der Waals surface area contributed by atoms with Crippen LogP contribution in [0.4, 0.5) is 18.9 Å². The SMILES string of the molecule is Cc1cc(C=CC(F)(F)F)ccc1C(=O)Nc1ccc2c(CO)[nH]nc2c1. The number of amides is 1. The Morgan fingerprint density at radius 3 is 2.70 bits per heavy atom. The number of hydrogen-bond acceptors (Lipinski definition) is 3. The number of allylic oxidation sites excluding steroid dienone is 1. The Balaban J connectivity index is 1.79. The summed E-state index contributed by atoms with van der Waals surface area (Å²) >= 11 is 0. The number of H-pyrrole nitrogens is 1. The number of carbonyl (C=O) groups excluding carboxylic acids is 1. The summed E-state index contributed by atoms with van der Waals surface area (Å²) in [7, 11) is 0. The van der Waals surface area contributed by atoms with Crippen molar-refractivity contribution in [3.05, 3.63) is 64.9 Å². The standard InChI is InChI=1S/C19H16F3N3O2/c1-11-8-12(6-7-19(20,21)22)2-4-14(11)18(27)23-13-3-5-15-16(9-13)24-25-17(15)10-26/h2-9,26H,10H2,1H3,(H,23,27)(H,24,25). The van der Waals surface area contributed by atoms with Crippen LogP contribution in [0, 0.1) is 6.92 Å². The molecule has 0 aliphatic carbocycles. The molecular formula is C19H16F3N3O2. The molecule has 0 saturated heterocycles. The zero-order chi connectivity index (χ0) is 19.6. The molecule has 140 valence electrons. The van der Waals surface area contributed by atoms with Gasteiger partial charge in [-0.3, -0.25) is 9.89 Å². The highest BCUT2D eigenvalue weighted by molar-refractivity contribution is 6.06. The zero-order valence-electron chi connectivity index (χ0n) is 14.3. The normalized spacial score (nSPS) is 12.0. The number of aryl methyl sites for hydroxylation is 1. The third-order valence-corrected chi connectivity index (χ3v) is 4.01. The number of nitrogens with zero attached hydrogens (tertiary/aromatic N) is 1. The molecule has 0 aliphatic rings. The van der Waals surface area contributed by atoms with Crippen LogP contribution in [0.15, 0.2) is 42.5 Å². The zero-order valence-corrected chi connectivity index (χ0v) is 14.3. The summed E-state index contributed by atoms with van der Waals surface area (Å²) in [4.78, 5) is 12.5. The number of anilines is 1. The minimum Gasteiger partial charge on any atom is -0.390 e.